The van der Waals surface area contributed by atoms with Gasteiger partial charge in [0.1, 0.15) is 0 Å². The van der Waals surface area contributed by atoms with Crippen LogP contribution < -0.4 is 5.73 Å². The molecule has 7 heteroatoms. The molecule has 1 aromatic carbocycles. The second-order valence-electron chi connectivity index (χ2n) is 4.61. The van der Waals surface area contributed by atoms with E-state index in [1.165, 1.54) is 0 Å². The van der Waals surface area contributed by atoms with Gasteiger partial charge < -0.3 is 15.6 Å². The zero-order chi connectivity index (χ0) is 14.7. The minimum atomic E-state index is -1.45. The third kappa shape index (κ3) is 2.80. The summed E-state index contributed by atoms with van der Waals surface area (Å²) in [6, 6.07) is 0.659. The van der Waals surface area contributed by atoms with Gasteiger partial charge in [0.15, 0.2) is 17.5 Å². The molecule has 0 aromatic heterocycles. The third-order valence-corrected chi connectivity index (χ3v) is 3.44. The molecule has 0 saturated heterocycles. The number of halogens is 3. The Morgan fingerprint density at radius 1 is 1.30 bits per heavy atom. The van der Waals surface area contributed by atoms with Crippen molar-refractivity contribution in [2.75, 3.05) is 32.9 Å². The molecule has 20 heavy (non-hydrogen) atoms. The lowest BCUT2D eigenvalue weighted by atomic mass is 10.0. The highest BCUT2D eigenvalue weighted by Crippen LogP contribution is 2.36. The number of nitrogens with zero attached hydrogens (tertiary/aromatic N) is 1. The zero-order valence-corrected chi connectivity index (χ0v) is 10.9. The van der Waals surface area contributed by atoms with Crippen LogP contribution in [0.25, 0.3) is 0 Å². The maximum absolute atomic E-state index is 13.7. The highest BCUT2D eigenvalue weighted by molar-refractivity contribution is 5.37. The average molecular weight is 290 g/mol. The van der Waals surface area contributed by atoms with Gasteiger partial charge in [0.05, 0.1) is 19.8 Å². The van der Waals surface area contributed by atoms with Crippen LogP contribution in [0.4, 0.5) is 13.2 Å². The number of aliphatic hydroxyl groups is 1. The number of benzene rings is 1. The molecule has 4 nitrogen and oxygen atoms in total. The summed E-state index contributed by atoms with van der Waals surface area (Å²) in [5, 5.41) is 8.60. The van der Waals surface area contributed by atoms with E-state index in [2.05, 4.69) is 0 Å². The first-order valence-electron chi connectivity index (χ1n) is 6.39. The van der Waals surface area contributed by atoms with Crippen LogP contribution in [0.3, 0.4) is 0 Å². The topological polar surface area (TPSA) is 58.7 Å². The van der Waals surface area contributed by atoms with Gasteiger partial charge in [-0.15, -0.1) is 0 Å². The zero-order valence-electron chi connectivity index (χ0n) is 10.9. The number of rotatable bonds is 6. The summed E-state index contributed by atoms with van der Waals surface area (Å²) >= 11 is 0. The van der Waals surface area contributed by atoms with Crippen LogP contribution in [-0.2, 0) is 11.3 Å². The summed E-state index contributed by atoms with van der Waals surface area (Å²) in [7, 11) is 0. The lowest BCUT2D eigenvalue weighted by Gasteiger charge is -2.23. The van der Waals surface area contributed by atoms with E-state index in [1.54, 1.807) is 0 Å². The van der Waals surface area contributed by atoms with Gasteiger partial charge in [0.25, 0.3) is 0 Å². The van der Waals surface area contributed by atoms with E-state index in [9.17, 15) is 13.2 Å². The molecule has 0 spiro atoms. The van der Waals surface area contributed by atoms with Crippen molar-refractivity contribution in [2.45, 2.75) is 12.6 Å². The van der Waals surface area contributed by atoms with Crippen molar-refractivity contribution in [1.82, 2.24) is 4.90 Å². The summed E-state index contributed by atoms with van der Waals surface area (Å²) in [5.74, 6) is -3.78. The number of aliphatic hydroxyl groups excluding tert-OH is 1. The van der Waals surface area contributed by atoms with Crippen LogP contribution in [0, 0.1) is 17.5 Å². The molecule has 3 N–H and O–H groups in total. The molecule has 2 rings (SSSR count). The van der Waals surface area contributed by atoms with Crippen molar-refractivity contribution in [3.8, 4) is 0 Å². The van der Waals surface area contributed by atoms with Crippen LogP contribution in [0.5, 0.6) is 0 Å². The Kier molecular flexibility index (Phi) is 4.98. The third-order valence-electron chi connectivity index (χ3n) is 3.44. The predicted octanol–water partition coefficient (Wildman–Crippen LogP) is 0.928. The molecular formula is C13H17F3N2O2. The maximum Gasteiger partial charge on any atom is 0.194 e. The first-order chi connectivity index (χ1) is 9.60. The van der Waals surface area contributed by atoms with Gasteiger partial charge in [-0.3, -0.25) is 4.90 Å². The van der Waals surface area contributed by atoms with Crippen molar-refractivity contribution in [2.24, 2.45) is 5.73 Å². The average Bonchev–Trinajstić information content (AvgIpc) is 2.79. The van der Waals surface area contributed by atoms with E-state index < -0.39 is 17.5 Å². The van der Waals surface area contributed by atoms with E-state index in [0.29, 0.717) is 18.7 Å². The van der Waals surface area contributed by atoms with Crippen molar-refractivity contribution in [3.63, 3.8) is 0 Å². The summed E-state index contributed by atoms with van der Waals surface area (Å²) in [5.41, 5.74) is 6.20. The van der Waals surface area contributed by atoms with E-state index in [1.807, 2.05) is 4.90 Å². The van der Waals surface area contributed by atoms with E-state index >= 15 is 0 Å². The molecule has 1 aliphatic rings. The Labute approximate surface area is 114 Å². The first kappa shape index (κ1) is 15.2. The fraction of sp³-hybridized carbons (Fsp3) is 0.538. The van der Waals surface area contributed by atoms with Crippen molar-refractivity contribution in [1.29, 1.82) is 0 Å². The van der Waals surface area contributed by atoms with Gasteiger partial charge in [-0.1, -0.05) is 0 Å². The van der Waals surface area contributed by atoms with Crippen LogP contribution in [0.15, 0.2) is 6.07 Å². The van der Waals surface area contributed by atoms with Crippen molar-refractivity contribution >= 4 is 0 Å². The van der Waals surface area contributed by atoms with Gasteiger partial charge in [0.2, 0.25) is 0 Å². The second-order valence-corrected chi connectivity index (χ2v) is 4.61. The largest absolute Gasteiger partial charge is 0.394 e. The Bertz CT molecular complexity index is 485. The minimum Gasteiger partial charge on any atom is -0.394 e. The molecule has 0 fully saturated rings. The second kappa shape index (κ2) is 6.53. The van der Waals surface area contributed by atoms with Crippen LogP contribution in [0.2, 0.25) is 0 Å². The number of nitrogens with two attached hydrogens (primary N) is 1. The normalized spacial score (nSPS) is 18.6. The summed E-state index contributed by atoms with van der Waals surface area (Å²) < 4.78 is 45.4. The molecular weight excluding hydrogens is 273 g/mol. The summed E-state index contributed by atoms with van der Waals surface area (Å²) in [6.07, 6.45) is 0. The van der Waals surface area contributed by atoms with Gasteiger partial charge in [-0.05, 0) is 11.6 Å². The Morgan fingerprint density at radius 3 is 2.70 bits per heavy atom. The molecule has 1 aromatic rings. The molecule has 1 atom stereocenters. The number of hydrogen-bond acceptors (Lipinski definition) is 4. The molecule has 0 saturated carbocycles. The minimum absolute atomic E-state index is 0.0778. The molecule has 0 aliphatic carbocycles. The van der Waals surface area contributed by atoms with Gasteiger partial charge in [-0.25, -0.2) is 13.2 Å². The predicted molar refractivity (Wildman–Crippen MR) is 66.4 cm³/mol. The van der Waals surface area contributed by atoms with E-state index in [-0.39, 0.29) is 37.9 Å². The standard InChI is InChI=1S/C13H17F3N2O2/c14-10-5-8-9(12(15)13(10)16)7-18(11(8)6-17)1-3-20-4-2-19/h5,11,19H,1-4,6-7,17H2. The van der Waals surface area contributed by atoms with Crippen molar-refractivity contribution in [3.05, 3.63) is 34.6 Å². The molecule has 0 amide bonds. The first-order valence-corrected chi connectivity index (χ1v) is 6.39. The highest BCUT2D eigenvalue weighted by Gasteiger charge is 2.33. The molecule has 112 valence electrons. The molecule has 0 radical (unpaired) electrons. The van der Waals surface area contributed by atoms with Crippen LogP contribution >= 0.6 is 0 Å². The molecule has 1 aliphatic heterocycles. The SMILES string of the molecule is NCC1c2cc(F)c(F)c(F)c2CN1CCOCCO. The van der Waals surface area contributed by atoms with Crippen LogP contribution in [-0.4, -0.2) is 42.9 Å². The fourth-order valence-corrected chi connectivity index (χ4v) is 2.48. The summed E-state index contributed by atoms with van der Waals surface area (Å²) in [4.78, 5) is 1.81. The van der Waals surface area contributed by atoms with Gasteiger partial charge >= 0.3 is 0 Å². The lowest BCUT2D eigenvalue weighted by molar-refractivity contribution is 0.0656. The summed E-state index contributed by atoms with van der Waals surface area (Å²) in [6.45, 7) is 1.26. The van der Waals surface area contributed by atoms with Gasteiger partial charge in [0, 0.05) is 31.2 Å². The van der Waals surface area contributed by atoms with E-state index in [0.717, 1.165) is 6.07 Å². The van der Waals surface area contributed by atoms with Gasteiger partial charge in [-0.2, -0.15) is 0 Å². The van der Waals surface area contributed by atoms with E-state index in [4.69, 9.17) is 15.6 Å². The quantitative estimate of drug-likeness (QED) is 0.604. The number of ether oxygens (including phenoxy) is 1. The lowest BCUT2D eigenvalue weighted by Crippen LogP contribution is -2.31. The molecule has 1 unspecified atom stereocenters. The number of hydrogen-bond donors (Lipinski definition) is 2. The Morgan fingerprint density at radius 2 is 2.05 bits per heavy atom. The Hall–Kier alpha value is -1.15. The van der Waals surface area contributed by atoms with Crippen LogP contribution in [0.1, 0.15) is 17.2 Å². The maximum atomic E-state index is 13.7. The fourth-order valence-electron chi connectivity index (χ4n) is 2.48. The smallest absolute Gasteiger partial charge is 0.194 e. The van der Waals surface area contributed by atoms with Crippen molar-refractivity contribution < 1.29 is 23.0 Å². The highest BCUT2D eigenvalue weighted by atomic mass is 19.2. The molecule has 0 bridgehead atoms. The number of fused-ring (bicyclic) bond motifs is 1. The Balaban J connectivity index is 2.15. The molecule has 1 heterocycles. The monoisotopic (exact) mass is 290 g/mol.